The molecular formula is C8H12O2. The summed E-state index contributed by atoms with van der Waals surface area (Å²) in [5, 5.41) is 8.51. The Morgan fingerprint density at radius 2 is 2.40 bits per heavy atom. The van der Waals surface area contributed by atoms with Crippen molar-refractivity contribution >= 4 is 5.78 Å². The largest absolute Gasteiger partial charge is 0.389 e. The molecule has 1 N–H and O–H groups in total. The van der Waals surface area contributed by atoms with E-state index in [2.05, 4.69) is 6.08 Å². The molecule has 0 saturated heterocycles. The van der Waals surface area contributed by atoms with Crippen LogP contribution in [0.25, 0.3) is 0 Å². The zero-order valence-corrected chi connectivity index (χ0v) is 5.92. The van der Waals surface area contributed by atoms with Gasteiger partial charge in [0, 0.05) is 5.92 Å². The average Bonchev–Trinajstić information content (AvgIpc) is 2.05. The summed E-state index contributed by atoms with van der Waals surface area (Å²) in [5.74, 6) is 0.0827. The molecule has 0 aliphatic heterocycles. The summed E-state index contributed by atoms with van der Waals surface area (Å²) in [7, 11) is 0. The van der Waals surface area contributed by atoms with Gasteiger partial charge in [-0.3, -0.25) is 4.79 Å². The van der Waals surface area contributed by atoms with Crippen LogP contribution in [0.15, 0.2) is 12.2 Å². The van der Waals surface area contributed by atoms with Gasteiger partial charge >= 0.3 is 0 Å². The first-order chi connectivity index (χ1) is 4.84. The van der Waals surface area contributed by atoms with Gasteiger partial charge < -0.3 is 5.11 Å². The minimum absolute atomic E-state index is 0.00986. The van der Waals surface area contributed by atoms with Gasteiger partial charge in [0.2, 0.25) is 0 Å². The number of Topliss-reactive ketones (excluding diaryl/α,β-unsaturated/α-hetero) is 1. The first-order valence-electron chi connectivity index (χ1n) is 3.63. The van der Waals surface area contributed by atoms with E-state index in [-0.39, 0.29) is 18.3 Å². The topological polar surface area (TPSA) is 37.3 Å². The monoisotopic (exact) mass is 140 g/mol. The third-order valence-electron chi connectivity index (χ3n) is 1.88. The van der Waals surface area contributed by atoms with E-state index in [1.165, 1.54) is 0 Å². The Labute approximate surface area is 60.6 Å². The highest BCUT2D eigenvalue weighted by atomic mass is 16.3. The molecule has 0 fully saturated rings. The molecule has 1 rings (SSSR count). The van der Waals surface area contributed by atoms with E-state index in [1.54, 1.807) is 0 Å². The van der Waals surface area contributed by atoms with Crippen LogP contribution >= 0.6 is 0 Å². The number of aliphatic hydroxyl groups excluding tert-OH is 1. The van der Waals surface area contributed by atoms with Gasteiger partial charge in [0.1, 0.15) is 6.61 Å². The Morgan fingerprint density at radius 3 is 2.90 bits per heavy atom. The first kappa shape index (κ1) is 7.48. The molecule has 1 unspecified atom stereocenters. The van der Waals surface area contributed by atoms with E-state index in [4.69, 9.17) is 5.11 Å². The summed E-state index contributed by atoms with van der Waals surface area (Å²) < 4.78 is 0. The standard InChI is InChI=1S/C8H12O2/c9-6-8(10)7-4-2-1-3-5-7/h1-2,7,9H,3-6H2. The van der Waals surface area contributed by atoms with E-state index in [0.717, 1.165) is 19.3 Å². The lowest BCUT2D eigenvalue weighted by atomic mass is 9.91. The van der Waals surface area contributed by atoms with Crippen molar-refractivity contribution < 1.29 is 9.90 Å². The number of hydrogen-bond donors (Lipinski definition) is 1. The molecule has 56 valence electrons. The Kier molecular flexibility index (Phi) is 2.63. The fraction of sp³-hybridized carbons (Fsp3) is 0.625. The minimum Gasteiger partial charge on any atom is -0.389 e. The number of carbonyl (C=O) groups excluding carboxylic acids is 1. The Morgan fingerprint density at radius 1 is 1.60 bits per heavy atom. The predicted molar refractivity (Wildman–Crippen MR) is 38.6 cm³/mol. The number of carbonyl (C=O) groups is 1. The lowest BCUT2D eigenvalue weighted by Gasteiger charge is -2.14. The second kappa shape index (κ2) is 3.52. The fourth-order valence-corrected chi connectivity index (χ4v) is 1.22. The number of aliphatic hydroxyl groups is 1. The van der Waals surface area contributed by atoms with Crippen LogP contribution in [0.1, 0.15) is 19.3 Å². The number of hydrogen-bond acceptors (Lipinski definition) is 2. The zero-order chi connectivity index (χ0) is 7.40. The molecule has 1 aliphatic carbocycles. The van der Waals surface area contributed by atoms with Crippen LogP contribution in [0.3, 0.4) is 0 Å². The van der Waals surface area contributed by atoms with Crippen molar-refractivity contribution in [3.05, 3.63) is 12.2 Å². The molecular weight excluding hydrogens is 128 g/mol. The fourth-order valence-electron chi connectivity index (χ4n) is 1.22. The first-order valence-corrected chi connectivity index (χ1v) is 3.63. The molecule has 0 bridgehead atoms. The Hall–Kier alpha value is -0.630. The van der Waals surface area contributed by atoms with E-state index < -0.39 is 0 Å². The van der Waals surface area contributed by atoms with Crippen LogP contribution in [0.2, 0.25) is 0 Å². The maximum Gasteiger partial charge on any atom is 0.161 e. The van der Waals surface area contributed by atoms with Gasteiger partial charge in [-0.25, -0.2) is 0 Å². The molecule has 0 aromatic carbocycles. The molecule has 0 aromatic rings. The second-order valence-corrected chi connectivity index (χ2v) is 2.61. The van der Waals surface area contributed by atoms with Crippen molar-refractivity contribution in [2.24, 2.45) is 5.92 Å². The molecule has 0 radical (unpaired) electrons. The van der Waals surface area contributed by atoms with E-state index in [0.29, 0.717) is 0 Å². The lowest BCUT2D eigenvalue weighted by molar-refractivity contribution is -0.125. The Bertz CT molecular complexity index is 149. The van der Waals surface area contributed by atoms with Crippen LogP contribution < -0.4 is 0 Å². The molecule has 10 heavy (non-hydrogen) atoms. The SMILES string of the molecule is O=C(CO)C1CC=CCC1. The maximum atomic E-state index is 10.9. The van der Waals surface area contributed by atoms with Crippen LogP contribution in [0.5, 0.6) is 0 Å². The maximum absolute atomic E-state index is 10.9. The van der Waals surface area contributed by atoms with Gasteiger partial charge in [0.05, 0.1) is 0 Å². The number of ketones is 1. The van der Waals surface area contributed by atoms with E-state index in [9.17, 15) is 4.79 Å². The summed E-state index contributed by atoms with van der Waals surface area (Å²) in [5.41, 5.74) is 0. The molecule has 1 atom stereocenters. The Balaban J connectivity index is 2.41. The van der Waals surface area contributed by atoms with Gasteiger partial charge in [-0.2, -0.15) is 0 Å². The van der Waals surface area contributed by atoms with Crippen molar-refractivity contribution in [3.8, 4) is 0 Å². The van der Waals surface area contributed by atoms with E-state index >= 15 is 0 Å². The van der Waals surface area contributed by atoms with Crippen molar-refractivity contribution in [2.45, 2.75) is 19.3 Å². The smallest absolute Gasteiger partial charge is 0.161 e. The summed E-state index contributed by atoms with van der Waals surface area (Å²) in [4.78, 5) is 10.9. The zero-order valence-electron chi connectivity index (χ0n) is 5.92. The van der Waals surface area contributed by atoms with Gasteiger partial charge in [-0.15, -0.1) is 0 Å². The highest BCUT2D eigenvalue weighted by Gasteiger charge is 2.16. The molecule has 0 amide bonds. The molecule has 0 spiro atoms. The van der Waals surface area contributed by atoms with Crippen LogP contribution in [-0.2, 0) is 4.79 Å². The third kappa shape index (κ3) is 1.67. The summed E-state index contributed by atoms with van der Waals surface area (Å²) in [6.07, 6.45) is 6.81. The van der Waals surface area contributed by atoms with Crippen molar-refractivity contribution in [1.29, 1.82) is 0 Å². The van der Waals surface area contributed by atoms with Crippen LogP contribution in [-0.4, -0.2) is 17.5 Å². The van der Waals surface area contributed by atoms with Gasteiger partial charge in [-0.05, 0) is 19.3 Å². The van der Waals surface area contributed by atoms with Gasteiger partial charge in [0.25, 0.3) is 0 Å². The van der Waals surface area contributed by atoms with Crippen LogP contribution in [0.4, 0.5) is 0 Å². The normalized spacial score (nSPS) is 24.7. The lowest BCUT2D eigenvalue weighted by Crippen LogP contribution is -2.18. The third-order valence-corrected chi connectivity index (χ3v) is 1.88. The number of allylic oxidation sites excluding steroid dienone is 2. The van der Waals surface area contributed by atoms with E-state index in [1.807, 2.05) is 6.08 Å². The van der Waals surface area contributed by atoms with Crippen molar-refractivity contribution in [2.75, 3.05) is 6.61 Å². The van der Waals surface area contributed by atoms with Gasteiger partial charge in [0.15, 0.2) is 5.78 Å². The second-order valence-electron chi connectivity index (χ2n) is 2.61. The van der Waals surface area contributed by atoms with Crippen LogP contribution in [0, 0.1) is 5.92 Å². The quantitative estimate of drug-likeness (QED) is 0.579. The summed E-state index contributed by atoms with van der Waals surface area (Å²) in [6, 6.07) is 0. The molecule has 0 heterocycles. The van der Waals surface area contributed by atoms with Gasteiger partial charge in [-0.1, -0.05) is 12.2 Å². The average molecular weight is 140 g/mol. The summed E-state index contributed by atoms with van der Waals surface area (Å²) in [6.45, 7) is -0.293. The molecule has 1 aliphatic rings. The van der Waals surface area contributed by atoms with Crippen molar-refractivity contribution in [3.63, 3.8) is 0 Å². The van der Waals surface area contributed by atoms with Crippen molar-refractivity contribution in [1.82, 2.24) is 0 Å². The predicted octanol–water partition coefficient (Wildman–Crippen LogP) is 0.904. The minimum atomic E-state index is -0.293. The molecule has 0 saturated carbocycles. The molecule has 2 nitrogen and oxygen atoms in total. The number of rotatable bonds is 2. The highest BCUT2D eigenvalue weighted by molar-refractivity contribution is 5.82. The summed E-state index contributed by atoms with van der Waals surface area (Å²) >= 11 is 0. The molecule has 2 heteroatoms. The highest BCUT2D eigenvalue weighted by Crippen LogP contribution is 2.18. The molecule has 0 aromatic heterocycles.